The van der Waals surface area contributed by atoms with E-state index in [0.717, 1.165) is 11.8 Å². The van der Waals surface area contributed by atoms with Gasteiger partial charge in [-0.1, -0.05) is 23.1 Å². The quantitative estimate of drug-likeness (QED) is 0.620. The zero-order valence-electron chi connectivity index (χ0n) is 10.00. The maximum atomic E-state index is 11.9. The smallest absolute Gasteiger partial charge is 0.313 e. The van der Waals surface area contributed by atoms with Gasteiger partial charge in [-0.05, 0) is 12.8 Å². The van der Waals surface area contributed by atoms with Crippen molar-refractivity contribution >= 4 is 40.1 Å². The SMILES string of the molecule is O=C(O)CSc1nnc(NC(=O)C2CCOCC2)s1. The number of anilines is 1. The fraction of sp³-hybridized carbons (Fsp3) is 0.600. The van der Waals surface area contributed by atoms with Gasteiger partial charge in [0, 0.05) is 19.1 Å². The van der Waals surface area contributed by atoms with Gasteiger partial charge in [0.2, 0.25) is 11.0 Å². The molecule has 1 fully saturated rings. The second-order valence-corrected chi connectivity index (χ2v) is 6.13. The zero-order chi connectivity index (χ0) is 13.7. The summed E-state index contributed by atoms with van der Waals surface area (Å²) in [6, 6.07) is 0. The molecule has 0 unspecified atom stereocenters. The predicted octanol–water partition coefficient (Wildman–Crippen LogP) is 1.08. The molecule has 1 amide bonds. The van der Waals surface area contributed by atoms with Gasteiger partial charge in [0.15, 0.2) is 4.34 Å². The largest absolute Gasteiger partial charge is 0.481 e. The van der Waals surface area contributed by atoms with Crippen molar-refractivity contribution in [1.29, 1.82) is 0 Å². The average Bonchev–Trinajstić information content (AvgIpc) is 2.85. The van der Waals surface area contributed by atoms with Gasteiger partial charge in [0.05, 0.1) is 5.75 Å². The number of aromatic nitrogens is 2. The number of hydrogen-bond donors (Lipinski definition) is 2. The number of ether oxygens (including phenoxy) is 1. The number of hydrogen-bond acceptors (Lipinski definition) is 7. The topological polar surface area (TPSA) is 101 Å². The van der Waals surface area contributed by atoms with Gasteiger partial charge >= 0.3 is 5.97 Å². The molecule has 0 bridgehead atoms. The molecule has 0 saturated carbocycles. The van der Waals surface area contributed by atoms with Crippen molar-refractivity contribution < 1.29 is 19.4 Å². The summed E-state index contributed by atoms with van der Waals surface area (Å²) >= 11 is 2.27. The minimum absolute atomic E-state index is 0.0484. The number of nitrogens with one attached hydrogen (secondary N) is 1. The van der Waals surface area contributed by atoms with Crippen LogP contribution in [0.1, 0.15) is 12.8 Å². The summed E-state index contributed by atoms with van der Waals surface area (Å²) in [6.07, 6.45) is 1.43. The minimum atomic E-state index is -0.909. The van der Waals surface area contributed by atoms with Crippen LogP contribution < -0.4 is 5.32 Å². The number of aliphatic carboxylic acids is 1. The van der Waals surface area contributed by atoms with E-state index in [1.54, 1.807) is 0 Å². The third kappa shape index (κ3) is 4.44. The van der Waals surface area contributed by atoms with Crippen LogP contribution in [0.4, 0.5) is 5.13 Å². The number of thioether (sulfide) groups is 1. The van der Waals surface area contributed by atoms with Crippen molar-refractivity contribution in [1.82, 2.24) is 10.2 Å². The first-order valence-corrected chi connectivity index (χ1v) is 7.52. The molecule has 0 aliphatic carbocycles. The fourth-order valence-electron chi connectivity index (χ4n) is 1.61. The summed E-state index contributed by atoms with van der Waals surface area (Å²) in [6.45, 7) is 1.21. The van der Waals surface area contributed by atoms with E-state index in [-0.39, 0.29) is 17.6 Å². The number of rotatable bonds is 5. The van der Waals surface area contributed by atoms with Crippen LogP contribution in [0, 0.1) is 5.92 Å². The van der Waals surface area contributed by atoms with Crippen LogP contribution >= 0.6 is 23.1 Å². The number of carbonyl (C=O) groups is 2. The number of nitrogens with zero attached hydrogens (tertiary/aromatic N) is 2. The van der Waals surface area contributed by atoms with Crippen molar-refractivity contribution in [3.8, 4) is 0 Å². The van der Waals surface area contributed by atoms with Gasteiger partial charge in [-0.2, -0.15) is 0 Å². The molecule has 1 aliphatic heterocycles. The van der Waals surface area contributed by atoms with Crippen LogP contribution in [-0.4, -0.2) is 46.1 Å². The Bertz CT molecular complexity index is 459. The first-order valence-electron chi connectivity index (χ1n) is 5.72. The molecule has 2 N–H and O–H groups in total. The Labute approximate surface area is 117 Å². The molecule has 2 rings (SSSR count). The van der Waals surface area contributed by atoms with Crippen molar-refractivity contribution in [3.63, 3.8) is 0 Å². The average molecular weight is 303 g/mol. The Morgan fingerprint density at radius 1 is 1.42 bits per heavy atom. The zero-order valence-corrected chi connectivity index (χ0v) is 11.6. The highest BCUT2D eigenvalue weighted by atomic mass is 32.2. The lowest BCUT2D eigenvalue weighted by Gasteiger charge is -2.20. The fourth-order valence-corrected chi connectivity index (χ4v) is 3.08. The number of carboxylic acid groups (broad SMARTS) is 1. The first-order chi connectivity index (χ1) is 9.15. The van der Waals surface area contributed by atoms with Crippen molar-refractivity contribution in [2.24, 2.45) is 5.92 Å². The summed E-state index contributed by atoms with van der Waals surface area (Å²) in [4.78, 5) is 22.3. The van der Waals surface area contributed by atoms with E-state index in [9.17, 15) is 9.59 Å². The molecule has 19 heavy (non-hydrogen) atoms. The van der Waals surface area contributed by atoms with Gasteiger partial charge in [0.1, 0.15) is 0 Å². The van der Waals surface area contributed by atoms with Crippen LogP contribution in [0.15, 0.2) is 4.34 Å². The highest BCUT2D eigenvalue weighted by Crippen LogP contribution is 2.26. The normalized spacial score (nSPS) is 16.2. The second-order valence-electron chi connectivity index (χ2n) is 3.93. The van der Waals surface area contributed by atoms with E-state index >= 15 is 0 Å². The lowest BCUT2D eigenvalue weighted by molar-refractivity contribution is -0.134. The lowest BCUT2D eigenvalue weighted by Crippen LogP contribution is -2.28. The molecule has 9 heteroatoms. The van der Waals surface area contributed by atoms with E-state index in [2.05, 4.69) is 15.5 Å². The molecule has 0 atom stereocenters. The molecule has 7 nitrogen and oxygen atoms in total. The summed E-state index contributed by atoms with van der Waals surface area (Å²) in [5, 5.41) is 19.3. The summed E-state index contributed by atoms with van der Waals surface area (Å²) < 4.78 is 5.73. The molecule has 2 heterocycles. The maximum Gasteiger partial charge on any atom is 0.313 e. The van der Waals surface area contributed by atoms with E-state index < -0.39 is 5.97 Å². The van der Waals surface area contributed by atoms with Crippen molar-refractivity contribution in [2.75, 3.05) is 24.3 Å². The molecule has 1 saturated heterocycles. The van der Waals surface area contributed by atoms with Crippen LogP contribution in [0.25, 0.3) is 0 Å². The van der Waals surface area contributed by atoms with E-state index in [1.807, 2.05) is 0 Å². The Morgan fingerprint density at radius 3 is 2.84 bits per heavy atom. The summed E-state index contributed by atoms with van der Waals surface area (Å²) in [5.41, 5.74) is 0. The Kier molecular flexibility index (Phi) is 5.11. The number of carboxylic acids is 1. The highest BCUT2D eigenvalue weighted by Gasteiger charge is 2.22. The summed E-state index contributed by atoms with van der Waals surface area (Å²) in [5.74, 6) is -1.10. The van der Waals surface area contributed by atoms with Gasteiger partial charge in [0.25, 0.3) is 0 Å². The molecule has 104 valence electrons. The molecule has 0 radical (unpaired) electrons. The third-order valence-electron chi connectivity index (χ3n) is 2.55. The Balaban J connectivity index is 1.84. The molecule has 1 aromatic rings. The van der Waals surface area contributed by atoms with Crippen LogP contribution in [0.3, 0.4) is 0 Å². The van der Waals surface area contributed by atoms with E-state index in [1.165, 1.54) is 11.3 Å². The summed E-state index contributed by atoms with van der Waals surface area (Å²) in [7, 11) is 0. The third-order valence-corrected chi connectivity index (χ3v) is 4.50. The van der Waals surface area contributed by atoms with Crippen molar-refractivity contribution in [3.05, 3.63) is 0 Å². The second kappa shape index (κ2) is 6.83. The monoisotopic (exact) mass is 303 g/mol. The molecule has 1 aromatic heterocycles. The van der Waals surface area contributed by atoms with E-state index in [0.29, 0.717) is 35.5 Å². The van der Waals surface area contributed by atoms with Crippen LogP contribution in [0.5, 0.6) is 0 Å². The molecule has 1 aliphatic rings. The van der Waals surface area contributed by atoms with Gasteiger partial charge in [-0.25, -0.2) is 0 Å². The van der Waals surface area contributed by atoms with Gasteiger partial charge in [-0.3, -0.25) is 9.59 Å². The molecule has 0 spiro atoms. The van der Waals surface area contributed by atoms with Crippen molar-refractivity contribution in [2.45, 2.75) is 17.2 Å². The van der Waals surface area contributed by atoms with Crippen LogP contribution in [-0.2, 0) is 14.3 Å². The standard InChI is InChI=1S/C10H13N3O4S2/c14-7(15)5-18-10-13-12-9(19-10)11-8(16)6-1-3-17-4-2-6/h6H,1-5H2,(H,14,15)(H,11,12,16). The number of amides is 1. The Morgan fingerprint density at radius 2 is 2.16 bits per heavy atom. The molecule has 0 aromatic carbocycles. The minimum Gasteiger partial charge on any atom is -0.481 e. The van der Waals surface area contributed by atoms with Crippen LogP contribution in [0.2, 0.25) is 0 Å². The molecular weight excluding hydrogens is 290 g/mol. The van der Waals surface area contributed by atoms with E-state index in [4.69, 9.17) is 9.84 Å². The Hall–Kier alpha value is -1.19. The maximum absolute atomic E-state index is 11.9. The molecular formula is C10H13N3O4S2. The van der Waals surface area contributed by atoms with Gasteiger partial charge in [-0.15, -0.1) is 10.2 Å². The highest BCUT2D eigenvalue weighted by molar-refractivity contribution is 8.01. The lowest BCUT2D eigenvalue weighted by atomic mass is 10.00. The van der Waals surface area contributed by atoms with Gasteiger partial charge < -0.3 is 15.2 Å². The number of carbonyl (C=O) groups excluding carboxylic acids is 1. The predicted molar refractivity (Wildman–Crippen MR) is 70.4 cm³/mol. The first kappa shape index (κ1) is 14.2.